The van der Waals surface area contributed by atoms with E-state index in [1.54, 1.807) is 33.8 Å². The van der Waals surface area contributed by atoms with E-state index in [1.807, 2.05) is 0 Å². The van der Waals surface area contributed by atoms with E-state index >= 15 is 0 Å². The van der Waals surface area contributed by atoms with Crippen molar-refractivity contribution in [2.75, 3.05) is 12.4 Å². The zero-order valence-electron chi connectivity index (χ0n) is 33.7. The smallest absolute Gasteiger partial charge is 0.312 e. The lowest BCUT2D eigenvalue weighted by Gasteiger charge is -2.38. The van der Waals surface area contributed by atoms with Crippen LogP contribution in [0.4, 0.5) is 10.1 Å². The molecule has 0 aromatic heterocycles. The Morgan fingerprint density at radius 3 is 2.19 bits per heavy atom. The molecule has 1 aliphatic carbocycles. The molecule has 0 radical (unpaired) electrons. The van der Waals surface area contributed by atoms with E-state index in [2.05, 4.69) is 10.6 Å². The molecule has 58 heavy (non-hydrogen) atoms. The Bertz CT molecular complexity index is 2140. The number of ketones is 3. The first kappa shape index (κ1) is 43.5. The molecule has 9 atom stereocenters. The largest absolute Gasteiger partial charge is 0.507 e. The Kier molecular flexibility index (Phi) is 12.8. The van der Waals surface area contributed by atoms with Crippen LogP contribution in [0.5, 0.6) is 11.5 Å². The van der Waals surface area contributed by atoms with Gasteiger partial charge < -0.3 is 44.9 Å². The monoisotopic (exact) mass is 804 g/mol. The minimum Gasteiger partial charge on any atom is -0.507 e. The van der Waals surface area contributed by atoms with Gasteiger partial charge in [-0.15, -0.1) is 0 Å². The minimum absolute atomic E-state index is 0.0578. The number of halogens is 1. The zero-order valence-corrected chi connectivity index (χ0v) is 33.7. The van der Waals surface area contributed by atoms with E-state index in [0.29, 0.717) is 0 Å². The summed E-state index contributed by atoms with van der Waals surface area (Å²) in [6.45, 7) is 12.1. The third kappa shape index (κ3) is 8.20. The van der Waals surface area contributed by atoms with Crippen LogP contribution in [0.2, 0.25) is 0 Å². The molecule has 5 N–H and O–H groups in total. The number of phenolic OH excluding ortho intramolecular Hbond substituents is 1. The fourth-order valence-corrected chi connectivity index (χ4v) is 7.49. The summed E-state index contributed by atoms with van der Waals surface area (Å²) in [5.41, 5.74) is -2.25. The second kappa shape index (κ2) is 17.1. The molecule has 15 heteroatoms. The second-order valence-electron chi connectivity index (χ2n) is 15.2. The predicted octanol–water partition coefficient (Wildman–Crippen LogP) is 5.21. The number of aliphatic hydroxyl groups excluding tert-OH is 2. The van der Waals surface area contributed by atoms with Crippen molar-refractivity contribution in [2.45, 2.75) is 85.6 Å². The number of Topliss-reactive ketones (excluding diaryl/α,β-unsaturated/α-hetero) is 3. The van der Waals surface area contributed by atoms with Gasteiger partial charge in [-0.1, -0.05) is 45.9 Å². The van der Waals surface area contributed by atoms with E-state index in [4.69, 9.17) is 18.9 Å². The van der Waals surface area contributed by atoms with Crippen molar-refractivity contribution in [3.05, 3.63) is 99.9 Å². The maximum atomic E-state index is 14.6. The molecule has 0 saturated heterocycles. The Labute approximate surface area is 335 Å². The molecule has 0 saturated carbocycles. The maximum absolute atomic E-state index is 14.6. The highest BCUT2D eigenvalue weighted by molar-refractivity contribution is 6.33. The lowest BCUT2D eigenvalue weighted by Crippen LogP contribution is -2.46. The van der Waals surface area contributed by atoms with Gasteiger partial charge in [0.15, 0.2) is 0 Å². The Balaban J connectivity index is 1.68. The molecule has 310 valence electrons. The summed E-state index contributed by atoms with van der Waals surface area (Å²) in [6.07, 6.45) is 3.11. The quantitative estimate of drug-likeness (QED) is 0.252. The summed E-state index contributed by atoms with van der Waals surface area (Å²) in [5.74, 6) is -10.5. The molecule has 0 spiro atoms. The SMILES string of the molecule is CO[C@H]1C=CO[C@@]2(C)Oc3c(C)c(O)c4c(c3C2=O)C(=O)C(Nc2ccc(F)cc2)=C(NC(=O)C(C)=CC=C[C@H](C)[C@H](O)[C@@H](C)[C@H](O)[C@H](C)[C@H](OC(C)=O)[C@@H]1C)C4=O. The molecular weight excluding hydrogens is 755 g/mol. The molecule has 4 aliphatic rings. The highest BCUT2D eigenvalue weighted by Gasteiger charge is 2.53. The predicted molar refractivity (Wildman–Crippen MR) is 208 cm³/mol. The highest BCUT2D eigenvalue weighted by Crippen LogP contribution is 2.48. The number of carbonyl (C=O) groups is 5. The normalized spacial score (nSPS) is 29.4. The van der Waals surface area contributed by atoms with Crippen LogP contribution in [-0.2, 0) is 23.8 Å². The molecule has 2 aromatic carbocycles. The average Bonchev–Trinajstić information content (AvgIpc) is 3.45. The number of amides is 1. The summed E-state index contributed by atoms with van der Waals surface area (Å²) >= 11 is 0. The van der Waals surface area contributed by atoms with E-state index < -0.39 is 117 Å². The van der Waals surface area contributed by atoms with Gasteiger partial charge in [0.25, 0.3) is 11.7 Å². The van der Waals surface area contributed by atoms with Crippen molar-refractivity contribution in [2.24, 2.45) is 23.7 Å². The number of carbonyl (C=O) groups excluding carboxylic acids is 5. The van der Waals surface area contributed by atoms with Gasteiger partial charge in [0.1, 0.15) is 34.8 Å². The van der Waals surface area contributed by atoms with Gasteiger partial charge in [0, 0.05) is 61.5 Å². The van der Waals surface area contributed by atoms with E-state index in [0.717, 1.165) is 18.4 Å². The molecule has 14 nitrogen and oxygen atoms in total. The third-order valence-electron chi connectivity index (χ3n) is 11.1. The molecule has 3 aliphatic heterocycles. The highest BCUT2D eigenvalue weighted by atomic mass is 19.1. The average molecular weight is 805 g/mol. The van der Waals surface area contributed by atoms with Crippen molar-refractivity contribution in [1.82, 2.24) is 5.32 Å². The first-order valence-electron chi connectivity index (χ1n) is 18.8. The van der Waals surface area contributed by atoms with Crippen LogP contribution in [0.25, 0.3) is 0 Å². The molecule has 0 fully saturated rings. The van der Waals surface area contributed by atoms with Gasteiger partial charge >= 0.3 is 11.8 Å². The molecule has 3 heterocycles. The van der Waals surface area contributed by atoms with Crippen LogP contribution in [-0.4, -0.2) is 81.9 Å². The number of fused-ring (bicyclic) bond motifs is 14. The van der Waals surface area contributed by atoms with Gasteiger partial charge in [-0.3, -0.25) is 24.0 Å². The van der Waals surface area contributed by atoms with Crippen LogP contribution in [0.15, 0.2) is 71.8 Å². The number of ether oxygens (including phenoxy) is 4. The number of rotatable bonds is 4. The van der Waals surface area contributed by atoms with E-state index in [9.17, 15) is 43.7 Å². The van der Waals surface area contributed by atoms with E-state index in [-0.39, 0.29) is 28.1 Å². The number of anilines is 1. The van der Waals surface area contributed by atoms with Gasteiger partial charge in [-0.2, -0.15) is 0 Å². The number of esters is 1. The Morgan fingerprint density at radius 2 is 1.57 bits per heavy atom. The topological polar surface area (TPSA) is 207 Å². The number of phenols is 1. The summed E-state index contributed by atoms with van der Waals surface area (Å²) < 4.78 is 37.2. The zero-order chi connectivity index (χ0) is 43.0. The maximum Gasteiger partial charge on any atom is 0.312 e. The molecule has 2 aromatic rings. The minimum atomic E-state index is -2.14. The molecular formula is C43H49FN2O12. The molecule has 5 bridgehead atoms. The summed E-state index contributed by atoms with van der Waals surface area (Å²) in [6, 6.07) is 4.81. The van der Waals surface area contributed by atoms with Gasteiger partial charge in [0.2, 0.25) is 11.6 Å². The lowest BCUT2D eigenvalue weighted by molar-refractivity contribution is -0.160. The summed E-state index contributed by atoms with van der Waals surface area (Å²) in [7, 11) is 1.40. The first-order valence-corrected chi connectivity index (χ1v) is 18.8. The Hall–Kier alpha value is -5.64. The number of aromatic hydroxyl groups is 1. The van der Waals surface area contributed by atoms with Crippen LogP contribution in [0, 0.1) is 36.4 Å². The fourth-order valence-electron chi connectivity index (χ4n) is 7.49. The van der Waals surface area contributed by atoms with E-state index in [1.165, 1.54) is 65.2 Å². The first-order chi connectivity index (χ1) is 27.2. The van der Waals surface area contributed by atoms with Crippen molar-refractivity contribution in [3.8, 4) is 11.5 Å². The Morgan fingerprint density at radius 1 is 0.914 bits per heavy atom. The number of methoxy groups -OCH3 is 1. The number of hydrogen-bond donors (Lipinski definition) is 5. The number of nitrogens with one attached hydrogen (secondary N) is 2. The molecule has 1 amide bonds. The lowest BCUT2D eigenvalue weighted by atomic mass is 9.78. The summed E-state index contributed by atoms with van der Waals surface area (Å²) in [5, 5.41) is 39.5. The second-order valence-corrected chi connectivity index (χ2v) is 15.2. The van der Waals surface area contributed by atoms with Crippen molar-refractivity contribution in [3.63, 3.8) is 0 Å². The molecule has 6 rings (SSSR count). The van der Waals surface area contributed by atoms with Crippen LogP contribution >= 0.6 is 0 Å². The third-order valence-corrected chi connectivity index (χ3v) is 11.1. The van der Waals surface area contributed by atoms with Crippen LogP contribution < -0.4 is 15.4 Å². The number of aliphatic hydroxyl groups is 2. The van der Waals surface area contributed by atoms with Crippen molar-refractivity contribution < 1.29 is 62.6 Å². The van der Waals surface area contributed by atoms with Crippen molar-refractivity contribution >= 4 is 34.9 Å². The fraction of sp³-hybridized carbons (Fsp3) is 0.419. The summed E-state index contributed by atoms with van der Waals surface area (Å²) in [4.78, 5) is 69.2. The van der Waals surface area contributed by atoms with Gasteiger partial charge in [-0.05, 0) is 44.2 Å². The standard InChI is InChI=1S/C43H49FN2O12/c1-19-11-10-12-20(2)42(54)46-33-32(45-27-15-13-26(44)14-16-27)37(51)29-30(38(33)52)36(50)24(6)40-31(29)41(53)43(8,58-40)56-18-17-28(55-9)21(3)39(57-25(7)47)23(5)35(49)22(4)34(19)48/h10-19,21-23,28,34-35,39,45,48-50H,1-9H3,(H,46,54)/t19-,21+,22+,23-,28-,34-,35-,39+,43-/m0/s1. The van der Waals surface area contributed by atoms with Crippen molar-refractivity contribution in [1.29, 1.82) is 0 Å². The van der Waals surface area contributed by atoms with Crippen LogP contribution in [0.1, 0.15) is 85.1 Å². The van der Waals surface area contributed by atoms with Crippen LogP contribution in [0.3, 0.4) is 0 Å². The molecule has 0 unspecified atom stereocenters. The van der Waals surface area contributed by atoms with Gasteiger partial charge in [0.05, 0.1) is 41.3 Å². The number of hydrogen-bond acceptors (Lipinski definition) is 13. The van der Waals surface area contributed by atoms with Gasteiger partial charge in [-0.25, -0.2) is 4.39 Å². The number of benzene rings is 2. The number of allylic oxidation sites excluding steroid dienone is 4.